The van der Waals surface area contributed by atoms with E-state index < -0.39 is 0 Å². The SMILES string of the molecule is CCOCc1nnc(NCc2cc(-c3ccncc3)ccc2OC)o1. The van der Waals surface area contributed by atoms with Crippen LogP contribution in [0.2, 0.25) is 0 Å². The average molecular weight is 340 g/mol. The van der Waals surface area contributed by atoms with Gasteiger partial charge in [-0.05, 0) is 42.3 Å². The van der Waals surface area contributed by atoms with Crippen LogP contribution >= 0.6 is 0 Å². The van der Waals surface area contributed by atoms with Gasteiger partial charge in [0.05, 0.1) is 7.11 Å². The highest BCUT2D eigenvalue weighted by Gasteiger charge is 2.09. The molecule has 0 aliphatic rings. The second kappa shape index (κ2) is 8.25. The van der Waals surface area contributed by atoms with Crippen LogP contribution in [-0.4, -0.2) is 28.9 Å². The number of rotatable bonds is 8. The van der Waals surface area contributed by atoms with Crippen molar-refractivity contribution in [3.8, 4) is 16.9 Å². The summed E-state index contributed by atoms with van der Waals surface area (Å²) in [6.45, 7) is 3.33. The van der Waals surface area contributed by atoms with Crippen molar-refractivity contribution in [3.63, 3.8) is 0 Å². The zero-order valence-electron chi connectivity index (χ0n) is 14.2. The van der Waals surface area contributed by atoms with Crippen molar-refractivity contribution in [1.82, 2.24) is 15.2 Å². The molecule has 7 nitrogen and oxygen atoms in total. The van der Waals surface area contributed by atoms with Crippen LogP contribution in [0.4, 0.5) is 6.01 Å². The molecule has 3 rings (SSSR count). The van der Waals surface area contributed by atoms with E-state index in [1.54, 1.807) is 19.5 Å². The highest BCUT2D eigenvalue weighted by Crippen LogP contribution is 2.27. The molecule has 3 aromatic rings. The number of ether oxygens (including phenoxy) is 2. The van der Waals surface area contributed by atoms with E-state index in [0.717, 1.165) is 22.4 Å². The highest BCUT2D eigenvalue weighted by atomic mass is 16.5. The maximum absolute atomic E-state index is 5.49. The van der Waals surface area contributed by atoms with E-state index in [4.69, 9.17) is 13.9 Å². The Kier molecular flexibility index (Phi) is 5.58. The molecule has 0 amide bonds. The molecule has 1 N–H and O–H groups in total. The molecule has 0 unspecified atom stereocenters. The van der Waals surface area contributed by atoms with Gasteiger partial charge in [0.25, 0.3) is 0 Å². The predicted molar refractivity (Wildman–Crippen MR) is 93.2 cm³/mol. The summed E-state index contributed by atoms with van der Waals surface area (Å²) in [5, 5.41) is 11.0. The fourth-order valence-corrected chi connectivity index (χ4v) is 2.38. The Bertz CT molecular complexity index is 805. The van der Waals surface area contributed by atoms with Gasteiger partial charge < -0.3 is 19.2 Å². The summed E-state index contributed by atoms with van der Waals surface area (Å²) in [6, 6.07) is 10.3. The van der Waals surface area contributed by atoms with Crippen LogP contribution in [0.5, 0.6) is 5.75 Å². The molecule has 0 bridgehead atoms. The van der Waals surface area contributed by atoms with Gasteiger partial charge in [-0.3, -0.25) is 4.98 Å². The summed E-state index contributed by atoms with van der Waals surface area (Å²) in [4.78, 5) is 4.05. The number of hydrogen-bond acceptors (Lipinski definition) is 7. The van der Waals surface area contributed by atoms with Crippen LogP contribution in [0.25, 0.3) is 11.1 Å². The van der Waals surface area contributed by atoms with Gasteiger partial charge in [-0.15, -0.1) is 5.10 Å². The molecule has 0 radical (unpaired) electrons. The van der Waals surface area contributed by atoms with Gasteiger partial charge in [0, 0.05) is 31.1 Å². The summed E-state index contributed by atoms with van der Waals surface area (Å²) < 4.78 is 16.2. The van der Waals surface area contributed by atoms with Crippen molar-refractivity contribution in [3.05, 3.63) is 54.2 Å². The lowest BCUT2D eigenvalue weighted by Gasteiger charge is -2.11. The van der Waals surface area contributed by atoms with E-state index in [2.05, 4.69) is 26.6 Å². The molecule has 7 heteroatoms. The molecule has 0 aliphatic heterocycles. The van der Waals surface area contributed by atoms with Gasteiger partial charge in [-0.2, -0.15) is 0 Å². The summed E-state index contributed by atoms with van der Waals surface area (Å²) in [7, 11) is 1.65. The van der Waals surface area contributed by atoms with Gasteiger partial charge in [0.2, 0.25) is 5.89 Å². The van der Waals surface area contributed by atoms with Crippen LogP contribution in [0.1, 0.15) is 18.4 Å². The van der Waals surface area contributed by atoms with Crippen molar-refractivity contribution in [2.75, 3.05) is 19.0 Å². The third-order valence-electron chi connectivity index (χ3n) is 3.62. The van der Waals surface area contributed by atoms with Crippen LogP contribution in [0.3, 0.4) is 0 Å². The first-order valence-electron chi connectivity index (χ1n) is 8.01. The molecule has 25 heavy (non-hydrogen) atoms. The monoisotopic (exact) mass is 340 g/mol. The largest absolute Gasteiger partial charge is 0.496 e. The molecular weight excluding hydrogens is 320 g/mol. The zero-order valence-corrected chi connectivity index (χ0v) is 14.2. The van der Waals surface area contributed by atoms with Crippen molar-refractivity contribution in [1.29, 1.82) is 0 Å². The first-order chi connectivity index (χ1) is 12.3. The molecule has 0 saturated heterocycles. The predicted octanol–water partition coefficient (Wildman–Crippen LogP) is 3.29. The molecular formula is C18H20N4O3. The molecule has 2 heterocycles. The minimum Gasteiger partial charge on any atom is -0.496 e. The Balaban J connectivity index is 1.73. The minimum atomic E-state index is 0.312. The minimum absolute atomic E-state index is 0.312. The fraction of sp³-hybridized carbons (Fsp3) is 0.278. The normalized spacial score (nSPS) is 10.6. The van der Waals surface area contributed by atoms with Crippen LogP contribution in [0.15, 0.2) is 47.1 Å². The number of hydrogen-bond donors (Lipinski definition) is 1. The van der Waals surface area contributed by atoms with E-state index in [1.807, 2.05) is 31.2 Å². The van der Waals surface area contributed by atoms with E-state index in [0.29, 0.717) is 31.7 Å². The van der Waals surface area contributed by atoms with E-state index >= 15 is 0 Å². The molecule has 0 spiro atoms. The molecule has 2 aromatic heterocycles. The number of nitrogens with one attached hydrogen (secondary N) is 1. The summed E-state index contributed by atoms with van der Waals surface area (Å²) in [6.07, 6.45) is 3.55. The number of methoxy groups -OCH3 is 1. The fourth-order valence-electron chi connectivity index (χ4n) is 2.38. The van der Waals surface area contributed by atoms with Gasteiger partial charge in [-0.25, -0.2) is 0 Å². The average Bonchev–Trinajstić information content (AvgIpc) is 3.13. The Morgan fingerprint density at radius 1 is 1.08 bits per heavy atom. The van der Waals surface area contributed by atoms with Crippen molar-refractivity contribution in [2.24, 2.45) is 0 Å². The number of anilines is 1. The molecule has 0 saturated carbocycles. The third-order valence-corrected chi connectivity index (χ3v) is 3.62. The molecule has 130 valence electrons. The van der Waals surface area contributed by atoms with E-state index in [9.17, 15) is 0 Å². The Morgan fingerprint density at radius 3 is 2.68 bits per heavy atom. The topological polar surface area (TPSA) is 82.3 Å². The van der Waals surface area contributed by atoms with E-state index in [-0.39, 0.29) is 0 Å². The summed E-state index contributed by atoms with van der Waals surface area (Å²) in [5.41, 5.74) is 3.17. The maximum Gasteiger partial charge on any atom is 0.315 e. The quantitative estimate of drug-likeness (QED) is 0.673. The number of benzene rings is 1. The lowest BCUT2D eigenvalue weighted by molar-refractivity contribution is 0.115. The van der Waals surface area contributed by atoms with E-state index in [1.165, 1.54) is 0 Å². The summed E-state index contributed by atoms with van der Waals surface area (Å²) in [5.74, 6) is 1.24. The lowest BCUT2D eigenvalue weighted by atomic mass is 10.0. The smallest absolute Gasteiger partial charge is 0.315 e. The van der Waals surface area contributed by atoms with Crippen LogP contribution < -0.4 is 10.1 Å². The second-order valence-electron chi connectivity index (χ2n) is 5.25. The first-order valence-corrected chi connectivity index (χ1v) is 8.01. The maximum atomic E-state index is 5.49. The Morgan fingerprint density at radius 2 is 1.92 bits per heavy atom. The molecule has 0 atom stereocenters. The van der Waals surface area contributed by atoms with Crippen LogP contribution in [-0.2, 0) is 17.9 Å². The lowest BCUT2D eigenvalue weighted by Crippen LogP contribution is -2.02. The number of pyridine rings is 1. The molecule has 0 fully saturated rings. The first kappa shape index (κ1) is 16.9. The van der Waals surface area contributed by atoms with Gasteiger partial charge >= 0.3 is 6.01 Å². The van der Waals surface area contributed by atoms with Gasteiger partial charge in [0.1, 0.15) is 12.4 Å². The van der Waals surface area contributed by atoms with Crippen molar-refractivity contribution < 1.29 is 13.9 Å². The van der Waals surface area contributed by atoms with Gasteiger partial charge in [0.15, 0.2) is 0 Å². The molecule has 0 aliphatic carbocycles. The van der Waals surface area contributed by atoms with Crippen LogP contribution in [0, 0.1) is 0 Å². The second-order valence-corrected chi connectivity index (χ2v) is 5.25. The number of aromatic nitrogens is 3. The highest BCUT2D eigenvalue weighted by molar-refractivity contribution is 5.65. The van der Waals surface area contributed by atoms with Crippen molar-refractivity contribution in [2.45, 2.75) is 20.1 Å². The number of nitrogens with zero attached hydrogens (tertiary/aromatic N) is 3. The Labute approximate surface area is 146 Å². The summed E-state index contributed by atoms with van der Waals surface area (Å²) >= 11 is 0. The standard InChI is InChI=1S/C18H20N4O3/c1-3-24-12-17-21-22-18(25-17)20-11-15-10-14(4-5-16(15)23-2)13-6-8-19-9-7-13/h4-10H,3,11-12H2,1-2H3,(H,20,22). The Hall–Kier alpha value is -2.93. The van der Waals surface area contributed by atoms with Crippen molar-refractivity contribution >= 4 is 6.01 Å². The zero-order chi connectivity index (χ0) is 17.5. The molecule has 1 aromatic carbocycles. The third kappa shape index (κ3) is 4.33. The van der Waals surface area contributed by atoms with Gasteiger partial charge in [-0.1, -0.05) is 11.2 Å².